The molecule has 0 aliphatic rings. The van der Waals surface area contributed by atoms with Crippen molar-refractivity contribution in [2.75, 3.05) is 27.4 Å². The number of aliphatic hydroxyl groups is 1. The van der Waals surface area contributed by atoms with E-state index < -0.39 is 24.0 Å². The lowest BCUT2D eigenvalue weighted by atomic mass is 9.81. The van der Waals surface area contributed by atoms with Gasteiger partial charge in [0.1, 0.15) is 0 Å². The van der Waals surface area contributed by atoms with Gasteiger partial charge in [0.25, 0.3) is 0 Å². The van der Waals surface area contributed by atoms with E-state index in [1.807, 2.05) is 32.0 Å². The molecule has 1 rings (SSSR count). The standard InChI is InChI=1S/C25H43NO6/c1-16(2)19(14-21(26)22(27)15-20(17(3)4)25(28)29)12-18-8-9-23(31-6)24(13-18)32-11-7-10-30-5/h8-9,13,16-17,19-22,27H,7,10-12,14-15,26H2,1-6H3,(H,28,29)/t19?,20?,21?,22-/m0/s1. The van der Waals surface area contributed by atoms with Gasteiger partial charge in [-0.25, -0.2) is 0 Å². The molecule has 4 atom stereocenters. The minimum Gasteiger partial charge on any atom is -0.493 e. The maximum Gasteiger partial charge on any atom is 0.306 e. The first-order valence-corrected chi connectivity index (χ1v) is 11.6. The van der Waals surface area contributed by atoms with Gasteiger partial charge in [0.15, 0.2) is 11.5 Å². The number of hydrogen-bond donors (Lipinski definition) is 3. The summed E-state index contributed by atoms with van der Waals surface area (Å²) in [6.45, 7) is 9.17. The third-order valence-electron chi connectivity index (χ3n) is 6.11. The van der Waals surface area contributed by atoms with Crippen molar-refractivity contribution in [1.82, 2.24) is 0 Å². The molecule has 1 aromatic carbocycles. The number of aliphatic carboxylic acids is 1. The normalized spacial score (nSPS) is 15.4. The highest BCUT2D eigenvalue weighted by atomic mass is 16.5. The van der Waals surface area contributed by atoms with Crippen LogP contribution in [-0.2, 0) is 16.0 Å². The maximum absolute atomic E-state index is 11.5. The van der Waals surface area contributed by atoms with Crippen LogP contribution in [-0.4, -0.2) is 55.8 Å². The molecule has 0 heterocycles. The Kier molecular flexibility index (Phi) is 12.6. The van der Waals surface area contributed by atoms with Crippen molar-refractivity contribution >= 4 is 5.97 Å². The lowest BCUT2D eigenvalue weighted by Gasteiger charge is -2.29. The van der Waals surface area contributed by atoms with Crippen LogP contribution in [0, 0.1) is 23.7 Å². The van der Waals surface area contributed by atoms with Gasteiger partial charge in [-0.1, -0.05) is 33.8 Å². The Morgan fingerprint density at radius 3 is 2.25 bits per heavy atom. The van der Waals surface area contributed by atoms with Gasteiger partial charge in [-0.3, -0.25) is 4.79 Å². The summed E-state index contributed by atoms with van der Waals surface area (Å²) in [5.74, 6) is 0.424. The van der Waals surface area contributed by atoms with E-state index in [1.165, 1.54) is 0 Å². The summed E-state index contributed by atoms with van der Waals surface area (Å²) < 4.78 is 16.4. The van der Waals surface area contributed by atoms with E-state index in [0.717, 1.165) is 18.4 Å². The Labute approximate surface area is 193 Å². The van der Waals surface area contributed by atoms with Crippen molar-refractivity contribution in [2.45, 2.75) is 65.5 Å². The van der Waals surface area contributed by atoms with Crippen molar-refractivity contribution in [1.29, 1.82) is 0 Å². The first kappa shape index (κ1) is 28.2. The molecule has 0 aliphatic carbocycles. The Morgan fingerprint density at radius 2 is 1.72 bits per heavy atom. The maximum atomic E-state index is 11.5. The molecule has 32 heavy (non-hydrogen) atoms. The highest BCUT2D eigenvalue weighted by Gasteiger charge is 2.29. The van der Waals surface area contributed by atoms with Gasteiger partial charge in [0.05, 0.1) is 25.7 Å². The molecule has 0 bridgehead atoms. The van der Waals surface area contributed by atoms with Crippen molar-refractivity contribution in [3.63, 3.8) is 0 Å². The second-order valence-electron chi connectivity index (χ2n) is 9.28. The van der Waals surface area contributed by atoms with Gasteiger partial charge in [-0.05, 0) is 54.7 Å². The smallest absolute Gasteiger partial charge is 0.306 e. The zero-order chi connectivity index (χ0) is 24.3. The summed E-state index contributed by atoms with van der Waals surface area (Å²) in [6, 6.07) is 5.46. The number of aliphatic hydroxyl groups excluding tert-OH is 1. The lowest BCUT2D eigenvalue weighted by Crippen LogP contribution is -2.40. The Hall–Kier alpha value is -1.83. The Morgan fingerprint density at radius 1 is 1.03 bits per heavy atom. The first-order valence-electron chi connectivity index (χ1n) is 11.6. The van der Waals surface area contributed by atoms with E-state index in [0.29, 0.717) is 37.1 Å². The SMILES string of the molecule is COCCCOc1cc(CC(CC(N)[C@@H](O)CC(C(=O)O)C(C)C)C(C)C)ccc1OC. The van der Waals surface area contributed by atoms with Crippen LogP contribution in [0.3, 0.4) is 0 Å². The van der Waals surface area contributed by atoms with E-state index in [-0.39, 0.29) is 18.3 Å². The van der Waals surface area contributed by atoms with Crippen LogP contribution >= 0.6 is 0 Å². The third-order valence-corrected chi connectivity index (χ3v) is 6.11. The van der Waals surface area contributed by atoms with E-state index in [4.69, 9.17) is 19.9 Å². The minimum atomic E-state index is -0.886. The fourth-order valence-corrected chi connectivity index (χ4v) is 3.84. The lowest BCUT2D eigenvalue weighted by molar-refractivity contribution is -0.144. The molecule has 0 aliphatic heterocycles. The minimum absolute atomic E-state index is 0.0585. The molecule has 0 amide bonds. The van der Waals surface area contributed by atoms with Crippen LogP contribution in [0.15, 0.2) is 18.2 Å². The zero-order valence-electron chi connectivity index (χ0n) is 20.5. The van der Waals surface area contributed by atoms with Crippen LogP contribution in [0.4, 0.5) is 0 Å². The molecule has 1 aromatic rings. The number of carbonyl (C=O) groups is 1. The van der Waals surface area contributed by atoms with Gasteiger partial charge in [0, 0.05) is 26.2 Å². The number of benzene rings is 1. The van der Waals surface area contributed by atoms with Crippen molar-refractivity contribution < 1.29 is 29.2 Å². The molecule has 4 N–H and O–H groups in total. The quantitative estimate of drug-likeness (QED) is 0.327. The van der Waals surface area contributed by atoms with Gasteiger partial charge in [0.2, 0.25) is 0 Å². The van der Waals surface area contributed by atoms with Gasteiger partial charge in [-0.15, -0.1) is 0 Å². The summed E-state index contributed by atoms with van der Waals surface area (Å²) in [6.07, 6.45) is 1.50. The number of hydrogen-bond acceptors (Lipinski definition) is 6. The summed E-state index contributed by atoms with van der Waals surface area (Å²) >= 11 is 0. The molecular weight excluding hydrogens is 410 g/mol. The Bertz CT molecular complexity index is 678. The number of rotatable bonds is 16. The third kappa shape index (κ3) is 9.35. The summed E-state index contributed by atoms with van der Waals surface area (Å²) in [5, 5.41) is 20.0. The van der Waals surface area contributed by atoms with E-state index in [9.17, 15) is 15.0 Å². The van der Waals surface area contributed by atoms with Crippen molar-refractivity contribution in [3.8, 4) is 11.5 Å². The topological polar surface area (TPSA) is 111 Å². The van der Waals surface area contributed by atoms with Crippen LogP contribution in [0.25, 0.3) is 0 Å². The molecule has 0 aromatic heterocycles. The summed E-state index contributed by atoms with van der Waals surface area (Å²) in [5.41, 5.74) is 7.44. The molecule has 0 spiro atoms. The number of carboxylic acids is 1. The van der Waals surface area contributed by atoms with Crippen LogP contribution in [0.5, 0.6) is 11.5 Å². The molecular formula is C25H43NO6. The first-order chi connectivity index (χ1) is 15.1. The van der Waals surface area contributed by atoms with Crippen molar-refractivity contribution in [3.05, 3.63) is 23.8 Å². The van der Waals surface area contributed by atoms with Crippen LogP contribution in [0.2, 0.25) is 0 Å². The van der Waals surface area contributed by atoms with Gasteiger partial charge < -0.3 is 30.2 Å². The van der Waals surface area contributed by atoms with Crippen LogP contribution in [0.1, 0.15) is 52.5 Å². The highest BCUT2D eigenvalue weighted by Crippen LogP contribution is 2.31. The zero-order valence-corrected chi connectivity index (χ0v) is 20.5. The average molecular weight is 454 g/mol. The highest BCUT2D eigenvalue weighted by molar-refractivity contribution is 5.70. The monoisotopic (exact) mass is 453 g/mol. The van der Waals surface area contributed by atoms with Crippen molar-refractivity contribution in [2.24, 2.45) is 29.4 Å². The second-order valence-corrected chi connectivity index (χ2v) is 9.28. The largest absolute Gasteiger partial charge is 0.493 e. The molecule has 184 valence electrons. The fourth-order valence-electron chi connectivity index (χ4n) is 3.84. The van der Waals surface area contributed by atoms with E-state index in [2.05, 4.69) is 13.8 Å². The molecule has 0 saturated carbocycles. The predicted octanol–water partition coefficient (Wildman–Crippen LogP) is 3.75. The number of ether oxygens (including phenoxy) is 3. The Balaban J connectivity index is 2.84. The predicted molar refractivity (Wildman–Crippen MR) is 126 cm³/mol. The van der Waals surface area contributed by atoms with E-state index >= 15 is 0 Å². The molecule has 7 nitrogen and oxygen atoms in total. The average Bonchev–Trinajstić information content (AvgIpc) is 2.73. The van der Waals surface area contributed by atoms with Crippen LogP contribution < -0.4 is 15.2 Å². The number of nitrogens with two attached hydrogens (primary N) is 1. The summed E-state index contributed by atoms with van der Waals surface area (Å²) in [4.78, 5) is 11.5. The molecule has 3 unspecified atom stereocenters. The number of methoxy groups -OCH3 is 2. The number of carboxylic acid groups (broad SMARTS) is 1. The molecule has 0 saturated heterocycles. The molecule has 0 radical (unpaired) electrons. The second kappa shape index (κ2) is 14.3. The summed E-state index contributed by atoms with van der Waals surface area (Å²) in [7, 11) is 3.29. The van der Waals surface area contributed by atoms with E-state index in [1.54, 1.807) is 14.2 Å². The van der Waals surface area contributed by atoms with Gasteiger partial charge in [-0.2, -0.15) is 0 Å². The molecule has 0 fully saturated rings. The van der Waals surface area contributed by atoms with Gasteiger partial charge >= 0.3 is 5.97 Å². The fraction of sp³-hybridized carbons (Fsp3) is 0.720. The molecule has 7 heteroatoms.